The molecule has 0 N–H and O–H groups in total. The zero-order chi connectivity index (χ0) is 54.3. The Morgan fingerprint density at radius 1 is 0.280 bits per heavy atom. The normalized spacial score (nSPS) is 13.1. The number of unbranched alkanes of at least 4 members (excludes halogenated alkanes) is 21. The summed E-state index contributed by atoms with van der Waals surface area (Å²) in [7, 11) is 0. The fraction of sp³-hybridized carbons (Fsp3) is 0.638. The highest BCUT2D eigenvalue weighted by molar-refractivity contribution is 5.71. The molecule has 1 unspecified atom stereocenters. The van der Waals surface area contributed by atoms with Gasteiger partial charge in [0.05, 0.1) is 0 Å². The van der Waals surface area contributed by atoms with E-state index >= 15 is 0 Å². The molecule has 6 nitrogen and oxygen atoms in total. The van der Waals surface area contributed by atoms with Crippen LogP contribution in [0, 0.1) is 0 Å². The highest BCUT2D eigenvalue weighted by atomic mass is 16.6. The first-order valence-electron chi connectivity index (χ1n) is 30.7. The molecule has 0 heterocycles. The molecule has 0 saturated heterocycles. The summed E-state index contributed by atoms with van der Waals surface area (Å²) in [6.07, 6.45) is 87.3. The number of carbonyl (C=O) groups is 3. The van der Waals surface area contributed by atoms with E-state index in [1.807, 2.05) is 0 Å². The molecule has 75 heavy (non-hydrogen) atoms. The predicted octanol–water partition coefficient (Wildman–Crippen LogP) is 21.0. The molecule has 1 atom stereocenters. The first kappa shape index (κ1) is 70.5. The topological polar surface area (TPSA) is 78.9 Å². The maximum absolute atomic E-state index is 12.9. The number of ether oxygens (including phenoxy) is 3. The molecule has 0 fully saturated rings. The Labute approximate surface area is 462 Å². The van der Waals surface area contributed by atoms with Gasteiger partial charge in [-0.1, -0.05) is 244 Å². The summed E-state index contributed by atoms with van der Waals surface area (Å²) >= 11 is 0. The highest BCUT2D eigenvalue weighted by Crippen LogP contribution is 2.15. The molecule has 0 saturated carbocycles. The lowest BCUT2D eigenvalue weighted by atomic mass is 10.1. The number of carbonyl (C=O) groups excluding carboxylic acids is 3. The quantitative estimate of drug-likeness (QED) is 0.0261. The van der Waals surface area contributed by atoms with Crippen LogP contribution >= 0.6 is 0 Å². The smallest absolute Gasteiger partial charge is 0.306 e. The molecule has 0 aromatic carbocycles. The maximum atomic E-state index is 12.9. The van der Waals surface area contributed by atoms with E-state index in [1.165, 1.54) is 89.9 Å². The van der Waals surface area contributed by atoms with Crippen molar-refractivity contribution in [2.45, 2.75) is 271 Å². The van der Waals surface area contributed by atoms with Gasteiger partial charge >= 0.3 is 17.9 Å². The molecule has 0 amide bonds. The van der Waals surface area contributed by atoms with Crippen molar-refractivity contribution in [1.82, 2.24) is 0 Å². The summed E-state index contributed by atoms with van der Waals surface area (Å²) in [4.78, 5) is 38.3. The van der Waals surface area contributed by atoms with Crippen molar-refractivity contribution in [2.24, 2.45) is 0 Å². The molecular weight excluding hydrogens is 925 g/mol. The summed E-state index contributed by atoms with van der Waals surface area (Å²) in [6, 6.07) is 0. The molecule has 0 aromatic rings. The Morgan fingerprint density at radius 3 is 0.840 bits per heavy atom. The highest BCUT2D eigenvalue weighted by Gasteiger charge is 2.19. The van der Waals surface area contributed by atoms with Crippen molar-refractivity contribution < 1.29 is 28.6 Å². The van der Waals surface area contributed by atoms with E-state index in [2.05, 4.69) is 154 Å². The molecule has 0 aromatic heterocycles. The zero-order valence-corrected chi connectivity index (χ0v) is 48.5. The second-order valence-electron chi connectivity index (χ2n) is 19.8. The van der Waals surface area contributed by atoms with Gasteiger partial charge in [0.1, 0.15) is 13.2 Å². The third kappa shape index (κ3) is 60.3. The van der Waals surface area contributed by atoms with Crippen LogP contribution in [0.4, 0.5) is 0 Å². The summed E-state index contributed by atoms with van der Waals surface area (Å²) in [5, 5.41) is 0. The van der Waals surface area contributed by atoms with E-state index in [1.54, 1.807) is 0 Å². The van der Waals surface area contributed by atoms with Crippen LogP contribution in [-0.4, -0.2) is 37.2 Å². The first-order chi connectivity index (χ1) is 37.0. The summed E-state index contributed by atoms with van der Waals surface area (Å²) in [5.41, 5.74) is 0. The van der Waals surface area contributed by atoms with Crippen LogP contribution in [0.15, 0.2) is 134 Å². The van der Waals surface area contributed by atoms with Gasteiger partial charge in [0.25, 0.3) is 0 Å². The SMILES string of the molecule is CC/C=C\C/C=C\C/C=C\C/C=C\CCCCCCCCCCCCC(=O)OCC(COC(=O)CCCC/C=C\C/C=C\C/C=C\C/C=C\CC)OC(=O)CCCCCCCC/C=C\C/C=C\C/C=C\CCCCC. The largest absolute Gasteiger partial charge is 0.462 e. The number of hydrogen-bond donors (Lipinski definition) is 0. The minimum Gasteiger partial charge on any atom is -0.462 e. The third-order valence-electron chi connectivity index (χ3n) is 12.6. The van der Waals surface area contributed by atoms with E-state index in [4.69, 9.17) is 14.2 Å². The van der Waals surface area contributed by atoms with Crippen LogP contribution in [0.5, 0.6) is 0 Å². The van der Waals surface area contributed by atoms with E-state index < -0.39 is 6.10 Å². The van der Waals surface area contributed by atoms with Gasteiger partial charge in [-0.25, -0.2) is 0 Å². The lowest BCUT2D eigenvalue weighted by Crippen LogP contribution is -2.30. The fourth-order valence-electron chi connectivity index (χ4n) is 8.08. The van der Waals surface area contributed by atoms with Crippen LogP contribution in [0.25, 0.3) is 0 Å². The Bertz CT molecular complexity index is 1620. The van der Waals surface area contributed by atoms with Crippen molar-refractivity contribution in [3.05, 3.63) is 134 Å². The Morgan fingerprint density at radius 2 is 0.520 bits per heavy atom. The zero-order valence-electron chi connectivity index (χ0n) is 48.5. The summed E-state index contributed by atoms with van der Waals surface area (Å²) < 4.78 is 16.9. The predicted molar refractivity (Wildman–Crippen MR) is 325 cm³/mol. The van der Waals surface area contributed by atoms with Gasteiger partial charge in [-0.2, -0.15) is 0 Å². The van der Waals surface area contributed by atoms with E-state index in [0.717, 1.165) is 135 Å². The molecular formula is C69H112O6. The van der Waals surface area contributed by atoms with Crippen LogP contribution in [0.3, 0.4) is 0 Å². The van der Waals surface area contributed by atoms with Crippen LogP contribution < -0.4 is 0 Å². The van der Waals surface area contributed by atoms with Crippen molar-refractivity contribution >= 4 is 17.9 Å². The van der Waals surface area contributed by atoms with Gasteiger partial charge in [-0.15, -0.1) is 0 Å². The molecule has 0 rings (SSSR count). The minimum atomic E-state index is -0.810. The molecule has 424 valence electrons. The third-order valence-corrected chi connectivity index (χ3v) is 12.6. The minimum absolute atomic E-state index is 0.103. The van der Waals surface area contributed by atoms with Gasteiger partial charge in [-0.3, -0.25) is 14.4 Å². The van der Waals surface area contributed by atoms with Gasteiger partial charge in [0.15, 0.2) is 6.10 Å². The Balaban J connectivity index is 4.45. The average molecular weight is 1040 g/mol. The summed E-state index contributed by atoms with van der Waals surface area (Å²) in [6.45, 7) is 6.34. The number of esters is 3. The van der Waals surface area contributed by atoms with Crippen molar-refractivity contribution in [3.8, 4) is 0 Å². The number of hydrogen-bond acceptors (Lipinski definition) is 6. The first-order valence-corrected chi connectivity index (χ1v) is 30.7. The molecule has 0 aliphatic carbocycles. The Hall–Kier alpha value is -4.45. The van der Waals surface area contributed by atoms with Gasteiger partial charge < -0.3 is 14.2 Å². The molecule has 0 aliphatic heterocycles. The van der Waals surface area contributed by atoms with Gasteiger partial charge in [-0.05, 0) is 135 Å². The molecule has 6 heteroatoms. The lowest BCUT2D eigenvalue weighted by molar-refractivity contribution is -0.167. The monoisotopic (exact) mass is 1040 g/mol. The van der Waals surface area contributed by atoms with Gasteiger partial charge in [0, 0.05) is 19.3 Å². The molecule has 0 bridgehead atoms. The molecule has 0 radical (unpaired) electrons. The molecule has 0 spiro atoms. The standard InChI is InChI=1S/C69H112O6/c1-4-7-10-13-16-19-22-25-28-30-32-33-34-35-37-38-41-44-47-50-53-56-59-62-68(71)74-65-66(64-73-67(70)61-58-55-52-49-46-43-40-27-24-21-18-15-12-9-6-3)75-69(72)63-60-57-54-51-48-45-42-39-36-31-29-26-23-20-17-14-11-8-5-2/h7,9-10,12,16-21,25-29,32-33,36,39-40,46,49,66H,4-6,8,11,13-15,22-24,30-31,34-35,37-38,41-45,47-48,50-65H2,1-3H3/b10-7-,12-9-,19-16-,20-17-,21-18-,28-25-,29-26-,33-32-,39-36-,40-27-,49-46-. The van der Waals surface area contributed by atoms with E-state index in [9.17, 15) is 14.4 Å². The van der Waals surface area contributed by atoms with Crippen molar-refractivity contribution in [3.63, 3.8) is 0 Å². The maximum Gasteiger partial charge on any atom is 0.306 e. The molecule has 0 aliphatic rings. The van der Waals surface area contributed by atoms with Crippen LogP contribution in [-0.2, 0) is 28.6 Å². The van der Waals surface area contributed by atoms with Crippen molar-refractivity contribution in [2.75, 3.05) is 13.2 Å². The lowest BCUT2D eigenvalue weighted by Gasteiger charge is -2.18. The number of allylic oxidation sites excluding steroid dienone is 22. The van der Waals surface area contributed by atoms with E-state index in [-0.39, 0.29) is 31.1 Å². The van der Waals surface area contributed by atoms with Crippen LogP contribution in [0.2, 0.25) is 0 Å². The number of rotatable bonds is 54. The fourth-order valence-corrected chi connectivity index (χ4v) is 8.08. The summed E-state index contributed by atoms with van der Waals surface area (Å²) in [5.74, 6) is -0.963. The van der Waals surface area contributed by atoms with E-state index in [0.29, 0.717) is 19.3 Å². The second-order valence-corrected chi connectivity index (χ2v) is 19.8. The Kier molecular flexibility index (Phi) is 58.4. The second kappa shape index (κ2) is 62.1. The average Bonchev–Trinajstić information content (AvgIpc) is 3.41. The van der Waals surface area contributed by atoms with Crippen LogP contribution in [0.1, 0.15) is 265 Å². The van der Waals surface area contributed by atoms with Crippen molar-refractivity contribution in [1.29, 1.82) is 0 Å². The van der Waals surface area contributed by atoms with Gasteiger partial charge in [0.2, 0.25) is 0 Å².